The summed E-state index contributed by atoms with van der Waals surface area (Å²) < 4.78 is 1.14. The van der Waals surface area contributed by atoms with Gasteiger partial charge in [0.05, 0.1) is 21.6 Å². The number of nitrogens with two attached hydrogens (primary N) is 1. The van der Waals surface area contributed by atoms with Crippen molar-refractivity contribution in [2.45, 2.75) is 0 Å². The molecule has 1 aromatic heterocycles. The summed E-state index contributed by atoms with van der Waals surface area (Å²) in [6.45, 7) is 0. The summed E-state index contributed by atoms with van der Waals surface area (Å²) in [6, 6.07) is 4.08. The van der Waals surface area contributed by atoms with Crippen LogP contribution >= 0.6 is 11.3 Å². The molecule has 0 radical (unpaired) electrons. The minimum Gasteiger partial charge on any atom is -0.395 e. The third-order valence-electron chi connectivity index (χ3n) is 2.00. The number of nitrogen functional groups attached to an aromatic ring is 1. The molecule has 2 aromatic rings. The Morgan fingerprint density at radius 3 is 2.85 bits per heavy atom. The number of benzene rings is 1. The van der Waals surface area contributed by atoms with Crippen molar-refractivity contribution in [2.24, 2.45) is 0 Å². The Bertz CT molecular complexity index is 433. The third kappa shape index (κ3) is 1.23. The molecule has 1 heterocycles. The number of rotatable bonds is 1. The van der Waals surface area contributed by atoms with E-state index in [0.717, 1.165) is 21.6 Å². The number of hydrogen-bond acceptors (Lipinski definition) is 4. The van der Waals surface area contributed by atoms with Crippen molar-refractivity contribution in [2.75, 3.05) is 24.7 Å². The highest BCUT2D eigenvalue weighted by Gasteiger charge is 2.07. The number of hydrogen-bond donors (Lipinski definition) is 1. The zero-order valence-electron chi connectivity index (χ0n) is 7.61. The van der Waals surface area contributed by atoms with Gasteiger partial charge < -0.3 is 10.6 Å². The van der Waals surface area contributed by atoms with Gasteiger partial charge in [0, 0.05) is 14.1 Å². The molecule has 4 heteroatoms. The van der Waals surface area contributed by atoms with Gasteiger partial charge in [-0.2, -0.15) is 0 Å². The highest BCUT2D eigenvalue weighted by atomic mass is 32.1. The summed E-state index contributed by atoms with van der Waals surface area (Å²) >= 11 is 1.61. The molecule has 0 spiro atoms. The predicted octanol–water partition coefficient (Wildman–Crippen LogP) is 1.94. The maximum absolute atomic E-state index is 5.97. The summed E-state index contributed by atoms with van der Waals surface area (Å²) in [4.78, 5) is 6.22. The van der Waals surface area contributed by atoms with E-state index in [2.05, 4.69) is 11.1 Å². The Hall–Kier alpha value is -1.29. The fourth-order valence-corrected chi connectivity index (χ4v) is 2.02. The second-order valence-corrected chi connectivity index (χ2v) is 3.98. The van der Waals surface area contributed by atoms with E-state index in [1.807, 2.05) is 30.6 Å². The Kier molecular flexibility index (Phi) is 1.84. The van der Waals surface area contributed by atoms with Gasteiger partial charge in [-0.3, -0.25) is 0 Å². The number of thiazole rings is 1. The van der Waals surface area contributed by atoms with Crippen LogP contribution in [0.1, 0.15) is 0 Å². The maximum Gasteiger partial charge on any atom is 0.106 e. The highest BCUT2D eigenvalue weighted by Crippen LogP contribution is 2.31. The molecule has 2 N–H and O–H groups in total. The molecular formula is C9H11N3S. The second-order valence-electron chi connectivity index (χ2n) is 3.09. The van der Waals surface area contributed by atoms with Crippen molar-refractivity contribution in [1.29, 1.82) is 0 Å². The van der Waals surface area contributed by atoms with Gasteiger partial charge >= 0.3 is 0 Å². The van der Waals surface area contributed by atoms with Crippen molar-refractivity contribution in [3.8, 4) is 0 Å². The van der Waals surface area contributed by atoms with E-state index in [4.69, 9.17) is 5.73 Å². The van der Waals surface area contributed by atoms with E-state index in [-0.39, 0.29) is 0 Å². The molecule has 0 bridgehead atoms. The van der Waals surface area contributed by atoms with E-state index in [1.54, 1.807) is 11.3 Å². The first-order valence-corrected chi connectivity index (χ1v) is 4.87. The highest BCUT2D eigenvalue weighted by molar-refractivity contribution is 7.16. The summed E-state index contributed by atoms with van der Waals surface area (Å²) in [5, 5.41) is 0. The van der Waals surface area contributed by atoms with Crippen molar-refractivity contribution >= 4 is 32.9 Å². The van der Waals surface area contributed by atoms with Crippen LogP contribution in [0.5, 0.6) is 0 Å². The minimum atomic E-state index is 0.767. The molecule has 0 fully saturated rings. The standard InChI is InChI=1S/C9H11N3S/c1-12(2)6-3-4-7-9(8(6)10)11-5-13-7/h3-5H,10H2,1-2H3. The molecule has 0 aliphatic carbocycles. The monoisotopic (exact) mass is 193 g/mol. The molecule has 0 amide bonds. The van der Waals surface area contributed by atoms with Gasteiger partial charge in [0.15, 0.2) is 0 Å². The first-order chi connectivity index (χ1) is 6.20. The number of fused-ring (bicyclic) bond motifs is 1. The number of anilines is 2. The largest absolute Gasteiger partial charge is 0.395 e. The summed E-state index contributed by atoms with van der Waals surface area (Å²) in [5.41, 5.74) is 10.5. The van der Waals surface area contributed by atoms with Crippen molar-refractivity contribution in [3.63, 3.8) is 0 Å². The van der Waals surface area contributed by atoms with Gasteiger partial charge in [-0.25, -0.2) is 4.98 Å². The second kappa shape index (κ2) is 2.88. The molecule has 0 saturated carbocycles. The molecule has 1 aromatic carbocycles. The molecule has 0 aliphatic rings. The molecule has 0 unspecified atom stereocenters. The van der Waals surface area contributed by atoms with Crippen LogP contribution in [0.3, 0.4) is 0 Å². The maximum atomic E-state index is 5.97. The lowest BCUT2D eigenvalue weighted by Gasteiger charge is -2.14. The van der Waals surface area contributed by atoms with Crippen molar-refractivity contribution < 1.29 is 0 Å². The van der Waals surface area contributed by atoms with Crippen LogP contribution in [0.2, 0.25) is 0 Å². The smallest absolute Gasteiger partial charge is 0.106 e. The Morgan fingerprint density at radius 2 is 2.15 bits per heavy atom. The van der Waals surface area contributed by atoms with Gasteiger partial charge in [-0.1, -0.05) is 0 Å². The molecule has 13 heavy (non-hydrogen) atoms. The average Bonchev–Trinajstić information content (AvgIpc) is 2.52. The fourth-order valence-electron chi connectivity index (χ4n) is 1.33. The SMILES string of the molecule is CN(C)c1ccc2scnc2c1N. The van der Waals surface area contributed by atoms with Crippen LogP contribution in [0.4, 0.5) is 11.4 Å². The lowest BCUT2D eigenvalue weighted by atomic mass is 10.2. The quantitative estimate of drug-likeness (QED) is 0.704. The molecule has 0 aliphatic heterocycles. The number of aromatic nitrogens is 1. The van der Waals surface area contributed by atoms with Crippen LogP contribution in [0.25, 0.3) is 10.2 Å². The molecule has 3 nitrogen and oxygen atoms in total. The average molecular weight is 193 g/mol. The van der Waals surface area contributed by atoms with E-state index in [1.165, 1.54) is 0 Å². The summed E-state index contributed by atoms with van der Waals surface area (Å²) in [7, 11) is 3.95. The number of nitrogens with zero attached hydrogens (tertiary/aromatic N) is 2. The van der Waals surface area contributed by atoms with Crippen molar-refractivity contribution in [3.05, 3.63) is 17.6 Å². The Morgan fingerprint density at radius 1 is 1.38 bits per heavy atom. The van der Waals surface area contributed by atoms with Gasteiger partial charge in [-0.05, 0) is 12.1 Å². The van der Waals surface area contributed by atoms with Gasteiger partial charge in [-0.15, -0.1) is 11.3 Å². The zero-order chi connectivity index (χ0) is 9.42. The van der Waals surface area contributed by atoms with Gasteiger partial charge in [0.25, 0.3) is 0 Å². The lowest BCUT2D eigenvalue weighted by Crippen LogP contribution is -2.10. The fraction of sp³-hybridized carbons (Fsp3) is 0.222. The molecular weight excluding hydrogens is 182 g/mol. The minimum absolute atomic E-state index is 0.767. The lowest BCUT2D eigenvalue weighted by molar-refractivity contribution is 1.14. The van der Waals surface area contributed by atoms with Crippen molar-refractivity contribution in [1.82, 2.24) is 4.98 Å². The molecule has 0 saturated heterocycles. The van der Waals surface area contributed by atoms with E-state index < -0.39 is 0 Å². The molecule has 2 rings (SSSR count). The van der Waals surface area contributed by atoms with Crippen LogP contribution in [0.15, 0.2) is 17.6 Å². The summed E-state index contributed by atoms with van der Waals surface area (Å²) in [5.74, 6) is 0. The van der Waals surface area contributed by atoms with E-state index >= 15 is 0 Å². The third-order valence-corrected chi connectivity index (χ3v) is 2.79. The Balaban J connectivity index is 2.73. The zero-order valence-corrected chi connectivity index (χ0v) is 8.43. The van der Waals surface area contributed by atoms with Crippen LogP contribution in [-0.2, 0) is 0 Å². The van der Waals surface area contributed by atoms with Gasteiger partial charge in [0.1, 0.15) is 5.52 Å². The normalized spacial score (nSPS) is 10.6. The van der Waals surface area contributed by atoms with Gasteiger partial charge in [0.2, 0.25) is 0 Å². The Labute approximate surface area is 80.8 Å². The van der Waals surface area contributed by atoms with Crippen LogP contribution < -0.4 is 10.6 Å². The van der Waals surface area contributed by atoms with Crippen LogP contribution in [0, 0.1) is 0 Å². The predicted molar refractivity (Wildman–Crippen MR) is 58.4 cm³/mol. The molecule has 0 atom stereocenters. The topological polar surface area (TPSA) is 42.2 Å². The summed E-state index contributed by atoms with van der Waals surface area (Å²) in [6.07, 6.45) is 0. The van der Waals surface area contributed by atoms with Crippen LogP contribution in [-0.4, -0.2) is 19.1 Å². The molecule has 68 valence electrons. The first kappa shape index (κ1) is 8.31. The van der Waals surface area contributed by atoms with E-state index in [0.29, 0.717) is 0 Å². The first-order valence-electron chi connectivity index (χ1n) is 3.99. The van der Waals surface area contributed by atoms with E-state index in [9.17, 15) is 0 Å².